The van der Waals surface area contributed by atoms with Gasteiger partial charge < -0.3 is 4.18 Å². The number of fused-ring (bicyclic) bond motifs is 1. The van der Waals surface area contributed by atoms with Crippen LogP contribution < -0.4 is 4.18 Å². The van der Waals surface area contributed by atoms with Crippen molar-refractivity contribution in [1.82, 2.24) is 0 Å². The summed E-state index contributed by atoms with van der Waals surface area (Å²) < 4.78 is 63.1. The zero-order valence-corrected chi connectivity index (χ0v) is 12.4. The molecule has 0 saturated heterocycles. The van der Waals surface area contributed by atoms with Gasteiger partial charge in [-0.2, -0.15) is 21.6 Å². The van der Waals surface area contributed by atoms with Gasteiger partial charge >= 0.3 is 15.6 Å². The molecule has 0 aliphatic carbocycles. The summed E-state index contributed by atoms with van der Waals surface area (Å²) in [6.45, 7) is 5.65. The smallest absolute Gasteiger partial charge is 0.376 e. The molecule has 114 valence electrons. The highest BCUT2D eigenvalue weighted by atomic mass is 32.2. The van der Waals surface area contributed by atoms with Crippen LogP contribution in [0.25, 0.3) is 10.8 Å². The molecule has 0 aromatic heterocycles. The summed E-state index contributed by atoms with van der Waals surface area (Å²) in [6, 6.07) is 5.94. The van der Waals surface area contributed by atoms with Crippen molar-refractivity contribution < 1.29 is 25.8 Å². The van der Waals surface area contributed by atoms with Crippen molar-refractivity contribution in [2.75, 3.05) is 0 Å². The molecule has 2 rings (SSSR count). The molecule has 0 fully saturated rings. The zero-order chi connectivity index (χ0) is 16.0. The van der Waals surface area contributed by atoms with Crippen molar-refractivity contribution >= 4 is 20.9 Å². The summed E-state index contributed by atoms with van der Waals surface area (Å²) in [4.78, 5) is 0. The van der Waals surface area contributed by atoms with Crippen LogP contribution in [0.4, 0.5) is 13.2 Å². The molecule has 0 unspecified atom stereocenters. The molecule has 0 N–H and O–H groups in total. The second kappa shape index (κ2) is 4.91. The summed E-state index contributed by atoms with van der Waals surface area (Å²) in [7, 11) is -5.65. The largest absolute Gasteiger partial charge is 0.534 e. The lowest BCUT2D eigenvalue weighted by Crippen LogP contribution is -2.28. The monoisotopic (exact) mass is 318 g/mol. The summed E-state index contributed by atoms with van der Waals surface area (Å²) in [5.41, 5.74) is -2.52. The fourth-order valence-corrected chi connectivity index (χ4v) is 2.50. The highest BCUT2D eigenvalue weighted by Crippen LogP contribution is 2.31. The second-order valence-electron chi connectivity index (χ2n) is 4.81. The van der Waals surface area contributed by atoms with Crippen LogP contribution in [0.5, 0.6) is 5.75 Å². The number of aryl methyl sites for hydroxylation is 2. The van der Waals surface area contributed by atoms with Crippen LogP contribution in [-0.2, 0) is 10.1 Å². The molecule has 0 atom stereocenters. The normalized spacial score (nSPS) is 12.7. The van der Waals surface area contributed by atoms with Gasteiger partial charge in [0.2, 0.25) is 0 Å². The van der Waals surface area contributed by atoms with Gasteiger partial charge in [0.15, 0.2) is 0 Å². The van der Waals surface area contributed by atoms with E-state index in [0.717, 1.165) is 22.1 Å². The van der Waals surface area contributed by atoms with E-state index in [1.54, 1.807) is 0 Å². The van der Waals surface area contributed by atoms with E-state index in [1.807, 2.05) is 26.8 Å². The Kier molecular flexibility index (Phi) is 3.65. The standard InChI is InChI=1S/C14H13F3O3S/c1-8-6-11-4-5-12(7-13(11)10(3)9(8)2)20-21(18,19)14(15,16)17/h4-7H,1-3H3. The Morgan fingerprint density at radius 3 is 2.19 bits per heavy atom. The van der Waals surface area contributed by atoms with Crippen LogP contribution in [0.15, 0.2) is 24.3 Å². The van der Waals surface area contributed by atoms with Gasteiger partial charge in [-0.25, -0.2) is 0 Å². The Morgan fingerprint density at radius 2 is 1.62 bits per heavy atom. The van der Waals surface area contributed by atoms with Crippen molar-refractivity contribution in [3.63, 3.8) is 0 Å². The van der Waals surface area contributed by atoms with Gasteiger partial charge in [-0.3, -0.25) is 0 Å². The molecule has 21 heavy (non-hydrogen) atoms. The molecule has 0 spiro atoms. The lowest BCUT2D eigenvalue weighted by molar-refractivity contribution is -0.0500. The van der Waals surface area contributed by atoms with E-state index in [0.29, 0.717) is 5.39 Å². The fraction of sp³-hybridized carbons (Fsp3) is 0.286. The Hall–Kier alpha value is -1.76. The molecule has 0 amide bonds. The molecule has 0 heterocycles. The maximum absolute atomic E-state index is 12.3. The first kappa shape index (κ1) is 15.6. The first-order chi connectivity index (χ1) is 9.53. The van der Waals surface area contributed by atoms with Gasteiger partial charge in [-0.05, 0) is 60.4 Å². The molecule has 0 aliphatic heterocycles. The van der Waals surface area contributed by atoms with E-state index in [2.05, 4.69) is 4.18 Å². The van der Waals surface area contributed by atoms with Crippen molar-refractivity contribution in [1.29, 1.82) is 0 Å². The van der Waals surface area contributed by atoms with E-state index in [9.17, 15) is 21.6 Å². The Morgan fingerprint density at radius 1 is 1.00 bits per heavy atom. The summed E-state index contributed by atoms with van der Waals surface area (Å²) >= 11 is 0. The molecule has 0 radical (unpaired) electrons. The number of hydrogen-bond acceptors (Lipinski definition) is 3. The summed E-state index contributed by atoms with van der Waals surface area (Å²) in [6.07, 6.45) is 0. The average Bonchev–Trinajstić information content (AvgIpc) is 2.35. The first-order valence-corrected chi connectivity index (χ1v) is 7.45. The van der Waals surface area contributed by atoms with E-state index >= 15 is 0 Å². The van der Waals surface area contributed by atoms with Gasteiger partial charge in [-0.1, -0.05) is 12.1 Å². The third-order valence-electron chi connectivity index (χ3n) is 3.44. The van der Waals surface area contributed by atoms with Crippen LogP contribution in [0.1, 0.15) is 16.7 Å². The number of halogens is 3. The van der Waals surface area contributed by atoms with Crippen molar-refractivity contribution in [2.45, 2.75) is 26.3 Å². The first-order valence-electron chi connectivity index (χ1n) is 6.04. The maximum Gasteiger partial charge on any atom is 0.534 e. The van der Waals surface area contributed by atoms with Gasteiger partial charge in [0.1, 0.15) is 5.75 Å². The Balaban J connectivity index is 2.55. The fourth-order valence-electron chi connectivity index (χ4n) is 2.05. The van der Waals surface area contributed by atoms with Crippen LogP contribution in [0.3, 0.4) is 0 Å². The quantitative estimate of drug-likeness (QED) is 0.621. The SMILES string of the molecule is Cc1cc2ccc(OS(=O)(=O)C(F)(F)F)cc2c(C)c1C. The minimum absolute atomic E-state index is 0.355. The average molecular weight is 318 g/mol. The van der Waals surface area contributed by atoms with Gasteiger partial charge in [0, 0.05) is 0 Å². The molecule has 3 nitrogen and oxygen atoms in total. The molecular weight excluding hydrogens is 305 g/mol. The van der Waals surface area contributed by atoms with E-state index in [4.69, 9.17) is 0 Å². The predicted octanol–water partition coefficient (Wildman–Crippen LogP) is 3.99. The second-order valence-corrected chi connectivity index (χ2v) is 6.35. The Bertz CT molecular complexity index is 808. The molecule has 0 aliphatic rings. The van der Waals surface area contributed by atoms with Crippen LogP contribution in [0.2, 0.25) is 0 Å². The van der Waals surface area contributed by atoms with Crippen LogP contribution in [0, 0.1) is 20.8 Å². The molecule has 0 saturated carbocycles. The third-order valence-corrected chi connectivity index (χ3v) is 4.42. The van der Waals surface area contributed by atoms with Crippen LogP contribution in [-0.4, -0.2) is 13.9 Å². The molecule has 7 heteroatoms. The minimum Gasteiger partial charge on any atom is -0.376 e. The van der Waals surface area contributed by atoms with Crippen molar-refractivity contribution in [3.05, 3.63) is 41.0 Å². The van der Waals surface area contributed by atoms with Crippen molar-refractivity contribution in [2.24, 2.45) is 0 Å². The van der Waals surface area contributed by atoms with Gasteiger partial charge in [0.05, 0.1) is 0 Å². The van der Waals surface area contributed by atoms with Crippen molar-refractivity contribution in [3.8, 4) is 5.75 Å². The molecule has 2 aromatic rings. The van der Waals surface area contributed by atoms with Gasteiger partial charge in [-0.15, -0.1) is 0 Å². The highest BCUT2D eigenvalue weighted by molar-refractivity contribution is 7.88. The maximum atomic E-state index is 12.3. The number of benzene rings is 2. The third kappa shape index (κ3) is 2.83. The van der Waals surface area contributed by atoms with Gasteiger partial charge in [0.25, 0.3) is 0 Å². The lowest BCUT2D eigenvalue weighted by Gasteiger charge is -2.13. The van der Waals surface area contributed by atoms with E-state index < -0.39 is 15.6 Å². The number of hydrogen-bond donors (Lipinski definition) is 0. The predicted molar refractivity (Wildman–Crippen MR) is 73.8 cm³/mol. The summed E-state index contributed by atoms with van der Waals surface area (Å²) in [5, 5.41) is 1.47. The molecule has 2 aromatic carbocycles. The number of alkyl halides is 3. The summed E-state index contributed by atoms with van der Waals surface area (Å²) in [5.74, 6) is -0.355. The Labute approximate surface area is 120 Å². The van der Waals surface area contributed by atoms with E-state index in [-0.39, 0.29) is 5.75 Å². The zero-order valence-electron chi connectivity index (χ0n) is 11.6. The lowest BCUT2D eigenvalue weighted by atomic mass is 9.96. The topological polar surface area (TPSA) is 43.4 Å². The molecular formula is C14H13F3O3S. The highest BCUT2D eigenvalue weighted by Gasteiger charge is 2.48. The minimum atomic E-state index is -5.65. The van der Waals surface area contributed by atoms with Crippen LogP contribution >= 0.6 is 0 Å². The number of rotatable bonds is 2. The molecule has 0 bridgehead atoms. The van der Waals surface area contributed by atoms with E-state index in [1.165, 1.54) is 18.2 Å².